The molecule has 3 rings (SSSR count). The van der Waals surface area contributed by atoms with E-state index in [0.717, 1.165) is 0 Å². The summed E-state index contributed by atoms with van der Waals surface area (Å²) in [7, 11) is 0. The van der Waals surface area contributed by atoms with Crippen LogP contribution in [0, 0.1) is 0 Å². The summed E-state index contributed by atoms with van der Waals surface area (Å²) in [6.07, 6.45) is 1.69. The van der Waals surface area contributed by atoms with Gasteiger partial charge in [0.25, 0.3) is 5.56 Å². The van der Waals surface area contributed by atoms with E-state index in [-0.39, 0.29) is 18.1 Å². The van der Waals surface area contributed by atoms with Gasteiger partial charge in [-0.3, -0.25) is 9.20 Å². The second kappa shape index (κ2) is 6.62. The lowest BCUT2D eigenvalue weighted by Gasteiger charge is -2.07. The molecule has 7 heteroatoms. The molecule has 0 aliphatic carbocycles. The van der Waals surface area contributed by atoms with Gasteiger partial charge in [-0.1, -0.05) is 0 Å². The second-order valence-electron chi connectivity index (χ2n) is 4.67. The van der Waals surface area contributed by atoms with Gasteiger partial charge in [-0.2, -0.15) is 0 Å². The van der Waals surface area contributed by atoms with Crippen LogP contribution >= 0.6 is 11.3 Å². The molecule has 1 aromatic carbocycles. The highest BCUT2D eigenvalue weighted by atomic mass is 32.1. The van der Waals surface area contributed by atoms with Gasteiger partial charge in [0.05, 0.1) is 17.9 Å². The fraction of sp³-hybridized carbons (Fsp3) is 0.188. The predicted octanol–water partition coefficient (Wildman–Crippen LogP) is 2.51. The van der Waals surface area contributed by atoms with E-state index in [1.54, 1.807) is 37.4 Å². The van der Waals surface area contributed by atoms with Crippen LogP contribution in [-0.2, 0) is 11.3 Å². The molecule has 2 heterocycles. The lowest BCUT2D eigenvalue weighted by molar-refractivity contribution is 0.0526. The van der Waals surface area contributed by atoms with Crippen LogP contribution in [0.3, 0.4) is 0 Å². The Morgan fingerprint density at radius 1 is 1.30 bits per heavy atom. The molecule has 0 amide bonds. The minimum atomic E-state index is -0.364. The van der Waals surface area contributed by atoms with Crippen molar-refractivity contribution in [2.75, 3.05) is 6.61 Å². The van der Waals surface area contributed by atoms with E-state index < -0.39 is 0 Å². The van der Waals surface area contributed by atoms with Gasteiger partial charge in [-0.05, 0) is 31.2 Å². The van der Waals surface area contributed by atoms with Crippen LogP contribution in [0.15, 0.2) is 46.7 Å². The first-order chi connectivity index (χ1) is 11.2. The number of nitrogens with zero attached hydrogens (tertiary/aromatic N) is 2. The molecule has 0 aliphatic heterocycles. The number of hydrogen-bond donors (Lipinski definition) is 0. The van der Waals surface area contributed by atoms with Crippen molar-refractivity contribution < 1.29 is 14.3 Å². The van der Waals surface area contributed by atoms with E-state index in [1.165, 1.54) is 21.8 Å². The number of aromatic nitrogens is 2. The number of thiazole rings is 1. The van der Waals surface area contributed by atoms with Crippen molar-refractivity contribution >= 4 is 22.3 Å². The minimum absolute atomic E-state index is 0.132. The Morgan fingerprint density at radius 3 is 2.83 bits per heavy atom. The van der Waals surface area contributed by atoms with Gasteiger partial charge in [-0.15, -0.1) is 11.3 Å². The Hall–Kier alpha value is -2.67. The molecule has 0 saturated carbocycles. The zero-order valence-electron chi connectivity index (χ0n) is 12.4. The molecule has 23 heavy (non-hydrogen) atoms. The fourth-order valence-electron chi connectivity index (χ4n) is 2.02. The number of ether oxygens (including phenoxy) is 2. The summed E-state index contributed by atoms with van der Waals surface area (Å²) in [4.78, 5) is 28.4. The molecule has 0 unspecified atom stereocenters. The third-order valence-corrected chi connectivity index (χ3v) is 3.87. The van der Waals surface area contributed by atoms with Gasteiger partial charge in [0, 0.05) is 17.6 Å². The number of carbonyl (C=O) groups excluding carboxylic acids is 1. The van der Waals surface area contributed by atoms with E-state index in [2.05, 4.69) is 4.98 Å². The van der Waals surface area contributed by atoms with Gasteiger partial charge < -0.3 is 9.47 Å². The third kappa shape index (κ3) is 3.40. The normalized spacial score (nSPS) is 10.7. The molecular formula is C16H14N2O4S. The molecular weight excluding hydrogens is 316 g/mol. The number of hydrogen-bond acceptors (Lipinski definition) is 6. The van der Waals surface area contributed by atoms with Gasteiger partial charge in [0.15, 0.2) is 4.96 Å². The Labute approximate surface area is 135 Å². The summed E-state index contributed by atoms with van der Waals surface area (Å²) in [6, 6.07) is 8.09. The molecule has 0 spiro atoms. The maximum absolute atomic E-state index is 11.9. The zero-order valence-corrected chi connectivity index (χ0v) is 13.2. The molecule has 2 aromatic heterocycles. The number of benzene rings is 1. The van der Waals surface area contributed by atoms with Crippen LogP contribution in [0.4, 0.5) is 0 Å². The van der Waals surface area contributed by atoms with Crippen LogP contribution < -0.4 is 10.3 Å². The molecule has 0 bridgehead atoms. The number of rotatable bonds is 5. The van der Waals surface area contributed by atoms with Crippen molar-refractivity contribution in [1.82, 2.24) is 9.38 Å². The van der Waals surface area contributed by atoms with E-state index in [1.807, 2.05) is 5.38 Å². The molecule has 118 valence electrons. The molecule has 0 N–H and O–H groups in total. The van der Waals surface area contributed by atoms with Gasteiger partial charge >= 0.3 is 5.97 Å². The van der Waals surface area contributed by atoms with E-state index in [9.17, 15) is 9.59 Å². The minimum Gasteiger partial charge on any atom is -0.487 e. The predicted molar refractivity (Wildman–Crippen MR) is 86.1 cm³/mol. The standard InChI is InChI=1S/C16H14N2O4S/c1-2-21-15(20)11-3-5-13(6-4-11)22-10-12-9-14(19)18-7-8-23-16(18)17-12/h3-9H,2,10H2,1H3. The molecule has 0 atom stereocenters. The van der Waals surface area contributed by atoms with E-state index in [4.69, 9.17) is 9.47 Å². The maximum Gasteiger partial charge on any atom is 0.338 e. The Bertz CT molecular complexity index is 883. The maximum atomic E-state index is 11.9. The Balaban J connectivity index is 1.69. The SMILES string of the molecule is CCOC(=O)c1ccc(OCc2cc(=O)n3ccsc3n2)cc1. The van der Waals surface area contributed by atoms with E-state index in [0.29, 0.717) is 28.6 Å². The van der Waals surface area contributed by atoms with Gasteiger partial charge in [-0.25, -0.2) is 9.78 Å². The second-order valence-corrected chi connectivity index (χ2v) is 5.55. The molecule has 6 nitrogen and oxygen atoms in total. The van der Waals surface area contributed by atoms with Crippen LogP contribution in [0.2, 0.25) is 0 Å². The van der Waals surface area contributed by atoms with Crippen LogP contribution in [0.1, 0.15) is 23.0 Å². The topological polar surface area (TPSA) is 69.9 Å². The average molecular weight is 330 g/mol. The fourth-order valence-corrected chi connectivity index (χ4v) is 2.76. The van der Waals surface area contributed by atoms with Crippen molar-refractivity contribution in [3.05, 3.63) is 63.5 Å². The number of carbonyl (C=O) groups is 1. The first-order valence-electron chi connectivity index (χ1n) is 7.03. The van der Waals surface area contributed by atoms with Crippen molar-refractivity contribution in [2.45, 2.75) is 13.5 Å². The Morgan fingerprint density at radius 2 is 2.09 bits per heavy atom. The molecule has 0 saturated heterocycles. The molecule has 3 aromatic rings. The smallest absolute Gasteiger partial charge is 0.338 e. The van der Waals surface area contributed by atoms with Gasteiger partial charge in [0.2, 0.25) is 0 Å². The first-order valence-corrected chi connectivity index (χ1v) is 7.91. The lowest BCUT2D eigenvalue weighted by Crippen LogP contribution is -2.14. The monoisotopic (exact) mass is 330 g/mol. The van der Waals surface area contributed by atoms with Gasteiger partial charge in [0.1, 0.15) is 12.4 Å². The summed E-state index contributed by atoms with van der Waals surface area (Å²) in [5.74, 6) is 0.225. The largest absolute Gasteiger partial charge is 0.487 e. The number of fused-ring (bicyclic) bond motifs is 1. The van der Waals surface area contributed by atoms with Crippen molar-refractivity contribution in [3.63, 3.8) is 0 Å². The number of esters is 1. The lowest BCUT2D eigenvalue weighted by atomic mass is 10.2. The summed E-state index contributed by atoms with van der Waals surface area (Å²) >= 11 is 1.39. The summed E-state index contributed by atoms with van der Waals surface area (Å²) < 4.78 is 12.0. The van der Waals surface area contributed by atoms with Crippen LogP contribution in [0.5, 0.6) is 5.75 Å². The molecule has 0 aliphatic rings. The quantitative estimate of drug-likeness (QED) is 0.672. The zero-order chi connectivity index (χ0) is 16.2. The molecule has 0 fully saturated rings. The van der Waals surface area contributed by atoms with Crippen molar-refractivity contribution in [2.24, 2.45) is 0 Å². The summed E-state index contributed by atoms with van der Waals surface area (Å²) in [6.45, 7) is 2.28. The first kappa shape index (κ1) is 15.2. The van der Waals surface area contributed by atoms with E-state index >= 15 is 0 Å². The highest BCUT2D eigenvalue weighted by Gasteiger charge is 2.07. The van der Waals surface area contributed by atoms with Crippen LogP contribution in [0.25, 0.3) is 4.96 Å². The van der Waals surface area contributed by atoms with Crippen molar-refractivity contribution in [1.29, 1.82) is 0 Å². The third-order valence-electron chi connectivity index (χ3n) is 3.11. The Kier molecular flexibility index (Phi) is 4.38. The highest BCUT2D eigenvalue weighted by Crippen LogP contribution is 2.15. The summed E-state index contributed by atoms with van der Waals surface area (Å²) in [5, 5.41) is 1.81. The van der Waals surface area contributed by atoms with Crippen LogP contribution in [-0.4, -0.2) is 22.0 Å². The average Bonchev–Trinajstić information content (AvgIpc) is 3.03. The summed E-state index contributed by atoms with van der Waals surface area (Å²) in [5.41, 5.74) is 0.898. The highest BCUT2D eigenvalue weighted by molar-refractivity contribution is 7.15. The molecule has 0 radical (unpaired) electrons. The van der Waals surface area contributed by atoms with Crippen molar-refractivity contribution in [3.8, 4) is 5.75 Å².